The lowest BCUT2D eigenvalue weighted by atomic mass is 10.0. The molecule has 2 atom stereocenters. The summed E-state index contributed by atoms with van der Waals surface area (Å²) in [6.45, 7) is 2.26. The molecular weight excluding hydrogens is 276 g/mol. The number of esters is 1. The highest BCUT2D eigenvalue weighted by atomic mass is 16.5. The van der Waals surface area contributed by atoms with Crippen LogP contribution in [0.2, 0.25) is 0 Å². The van der Waals surface area contributed by atoms with Crippen molar-refractivity contribution in [1.82, 2.24) is 0 Å². The number of hydrogen-bond donors (Lipinski definition) is 0. The van der Waals surface area contributed by atoms with Crippen LogP contribution >= 0.6 is 0 Å². The molecule has 0 saturated carbocycles. The summed E-state index contributed by atoms with van der Waals surface area (Å²) >= 11 is 0. The molecule has 130 valence electrons. The van der Waals surface area contributed by atoms with Crippen LogP contribution in [0.3, 0.4) is 0 Å². The molecule has 1 aliphatic heterocycles. The van der Waals surface area contributed by atoms with E-state index in [2.05, 4.69) is 11.7 Å². The summed E-state index contributed by atoms with van der Waals surface area (Å²) in [5.74, 6) is -0.0793. The summed E-state index contributed by atoms with van der Waals surface area (Å²) in [5.41, 5.74) is 0. The van der Waals surface area contributed by atoms with Crippen LogP contribution in [-0.4, -0.2) is 25.3 Å². The van der Waals surface area contributed by atoms with E-state index in [1.807, 2.05) is 0 Å². The molecule has 1 rings (SSSR count). The lowest BCUT2D eigenvalue weighted by Gasteiger charge is -2.13. The molecule has 0 aromatic carbocycles. The number of methoxy groups -OCH3 is 1. The number of rotatable bonds is 13. The van der Waals surface area contributed by atoms with Crippen molar-refractivity contribution in [3.8, 4) is 0 Å². The molecule has 0 unspecified atom stereocenters. The van der Waals surface area contributed by atoms with Crippen molar-refractivity contribution in [2.24, 2.45) is 0 Å². The normalized spacial score (nSPS) is 21.2. The van der Waals surface area contributed by atoms with Crippen molar-refractivity contribution >= 4 is 5.97 Å². The van der Waals surface area contributed by atoms with E-state index in [1.165, 1.54) is 77.7 Å². The number of carbonyl (C=O) groups is 1. The first-order valence-corrected chi connectivity index (χ1v) is 9.48. The van der Waals surface area contributed by atoms with E-state index in [9.17, 15) is 4.79 Å². The van der Waals surface area contributed by atoms with Gasteiger partial charge in [-0.15, -0.1) is 0 Å². The van der Waals surface area contributed by atoms with Gasteiger partial charge in [-0.3, -0.25) is 4.79 Å². The Labute approximate surface area is 137 Å². The van der Waals surface area contributed by atoms with Crippen molar-refractivity contribution < 1.29 is 14.3 Å². The van der Waals surface area contributed by atoms with Gasteiger partial charge < -0.3 is 9.47 Å². The quantitative estimate of drug-likeness (QED) is 0.337. The Bertz CT molecular complexity index is 278. The van der Waals surface area contributed by atoms with Crippen molar-refractivity contribution in [2.45, 2.75) is 109 Å². The van der Waals surface area contributed by atoms with Gasteiger partial charge in [0.15, 0.2) is 0 Å². The Morgan fingerprint density at radius 1 is 0.909 bits per heavy atom. The number of carbonyl (C=O) groups excluding carboxylic acids is 1. The van der Waals surface area contributed by atoms with Crippen LogP contribution in [0.25, 0.3) is 0 Å². The third kappa shape index (κ3) is 9.45. The van der Waals surface area contributed by atoms with Crippen LogP contribution in [0.5, 0.6) is 0 Å². The van der Waals surface area contributed by atoms with Crippen LogP contribution in [0.15, 0.2) is 0 Å². The summed E-state index contributed by atoms with van der Waals surface area (Å²) in [6, 6.07) is 0. The first kappa shape index (κ1) is 19.5. The lowest BCUT2D eigenvalue weighted by Crippen LogP contribution is -2.10. The largest absolute Gasteiger partial charge is 0.469 e. The summed E-state index contributed by atoms with van der Waals surface area (Å²) in [6.07, 6.45) is 17.9. The summed E-state index contributed by atoms with van der Waals surface area (Å²) in [5, 5.41) is 0. The van der Waals surface area contributed by atoms with Gasteiger partial charge in [-0.05, 0) is 32.1 Å². The molecule has 1 aliphatic rings. The standard InChI is InChI=1S/C19H36O3/c1-3-4-5-9-12-17-15-16-18(22-17)13-10-7-6-8-11-14-19(20)21-2/h17-18H,3-16H2,1-2H3/t17-,18-/m0/s1. The highest BCUT2D eigenvalue weighted by molar-refractivity contribution is 5.68. The molecule has 3 nitrogen and oxygen atoms in total. The van der Waals surface area contributed by atoms with Crippen LogP contribution in [0.1, 0.15) is 96.8 Å². The molecule has 0 aromatic rings. The smallest absolute Gasteiger partial charge is 0.305 e. The van der Waals surface area contributed by atoms with Crippen LogP contribution < -0.4 is 0 Å². The average molecular weight is 312 g/mol. The number of ether oxygens (including phenoxy) is 2. The molecule has 0 aromatic heterocycles. The molecule has 0 aliphatic carbocycles. The van der Waals surface area contributed by atoms with E-state index < -0.39 is 0 Å². The van der Waals surface area contributed by atoms with E-state index in [1.54, 1.807) is 0 Å². The summed E-state index contributed by atoms with van der Waals surface area (Å²) in [7, 11) is 1.46. The Kier molecular flexibility index (Phi) is 11.4. The minimum atomic E-state index is -0.0793. The zero-order valence-corrected chi connectivity index (χ0v) is 14.8. The first-order chi connectivity index (χ1) is 10.8. The highest BCUT2D eigenvalue weighted by Gasteiger charge is 2.24. The topological polar surface area (TPSA) is 35.5 Å². The second kappa shape index (κ2) is 12.9. The molecule has 0 bridgehead atoms. The zero-order valence-electron chi connectivity index (χ0n) is 14.8. The molecule has 0 N–H and O–H groups in total. The van der Waals surface area contributed by atoms with Gasteiger partial charge in [0.2, 0.25) is 0 Å². The minimum absolute atomic E-state index is 0.0793. The molecule has 3 heteroatoms. The Balaban J connectivity index is 1.88. The van der Waals surface area contributed by atoms with Crippen molar-refractivity contribution in [1.29, 1.82) is 0 Å². The van der Waals surface area contributed by atoms with Crippen LogP contribution in [0, 0.1) is 0 Å². The maximum Gasteiger partial charge on any atom is 0.305 e. The molecule has 0 radical (unpaired) electrons. The molecule has 1 fully saturated rings. The first-order valence-electron chi connectivity index (χ1n) is 9.48. The number of unbranched alkanes of at least 4 members (excludes halogenated alkanes) is 7. The van der Waals surface area contributed by atoms with E-state index in [0.717, 1.165) is 12.8 Å². The van der Waals surface area contributed by atoms with Gasteiger partial charge in [-0.25, -0.2) is 0 Å². The van der Waals surface area contributed by atoms with Crippen LogP contribution in [-0.2, 0) is 14.3 Å². The second-order valence-electron chi connectivity index (χ2n) is 6.69. The Hall–Kier alpha value is -0.570. The fourth-order valence-corrected chi connectivity index (χ4v) is 3.28. The van der Waals surface area contributed by atoms with Gasteiger partial charge in [-0.2, -0.15) is 0 Å². The monoisotopic (exact) mass is 312 g/mol. The van der Waals surface area contributed by atoms with Crippen LogP contribution in [0.4, 0.5) is 0 Å². The van der Waals surface area contributed by atoms with Crippen molar-refractivity contribution in [2.75, 3.05) is 7.11 Å². The molecule has 0 spiro atoms. The minimum Gasteiger partial charge on any atom is -0.469 e. The third-order valence-electron chi connectivity index (χ3n) is 4.71. The highest BCUT2D eigenvalue weighted by Crippen LogP contribution is 2.27. The van der Waals surface area contributed by atoms with Gasteiger partial charge in [0.1, 0.15) is 0 Å². The molecule has 22 heavy (non-hydrogen) atoms. The van der Waals surface area contributed by atoms with E-state index >= 15 is 0 Å². The molecule has 0 amide bonds. The van der Waals surface area contributed by atoms with E-state index in [0.29, 0.717) is 18.6 Å². The Morgan fingerprint density at radius 2 is 1.45 bits per heavy atom. The molecular formula is C19H36O3. The fourth-order valence-electron chi connectivity index (χ4n) is 3.28. The van der Waals surface area contributed by atoms with Gasteiger partial charge in [0.25, 0.3) is 0 Å². The average Bonchev–Trinajstić information content (AvgIpc) is 2.98. The summed E-state index contributed by atoms with van der Waals surface area (Å²) in [4.78, 5) is 11.0. The second-order valence-corrected chi connectivity index (χ2v) is 6.69. The van der Waals surface area contributed by atoms with E-state index in [4.69, 9.17) is 4.74 Å². The maximum absolute atomic E-state index is 11.0. The van der Waals surface area contributed by atoms with Crippen molar-refractivity contribution in [3.63, 3.8) is 0 Å². The third-order valence-corrected chi connectivity index (χ3v) is 4.71. The predicted molar refractivity (Wildman–Crippen MR) is 91.0 cm³/mol. The van der Waals surface area contributed by atoms with Gasteiger partial charge in [0, 0.05) is 6.42 Å². The molecule has 1 heterocycles. The van der Waals surface area contributed by atoms with Gasteiger partial charge >= 0.3 is 5.97 Å². The summed E-state index contributed by atoms with van der Waals surface area (Å²) < 4.78 is 10.8. The fraction of sp³-hybridized carbons (Fsp3) is 0.947. The predicted octanol–water partition coefficient (Wildman–Crippen LogP) is 5.41. The number of hydrogen-bond acceptors (Lipinski definition) is 3. The molecule has 1 saturated heterocycles. The van der Waals surface area contributed by atoms with Gasteiger partial charge in [-0.1, -0.05) is 58.3 Å². The zero-order chi connectivity index (χ0) is 16.0. The van der Waals surface area contributed by atoms with E-state index in [-0.39, 0.29) is 5.97 Å². The Morgan fingerprint density at radius 3 is 2.05 bits per heavy atom. The van der Waals surface area contributed by atoms with Gasteiger partial charge in [0.05, 0.1) is 19.3 Å². The maximum atomic E-state index is 11.0. The van der Waals surface area contributed by atoms with Crippen molar-refractivity contribution in [3.05, 3.63) is 0 Å². The lowest BCUT2D eigenvalue weighted by molar-refractivity contribution is -0.140. The SMILES string of the molecule is CCCCCC[C@H]1CC[C@H](CCCCCCCC(=O)OC)O1.